The van der Waals surface area contributed by atoms with Gasteiger partial charge in [0.2, 0.25) is 10.0 Å². The van der Waals surface area contributed by atoms with E-state index in [9.17, 15) is 13.2 Å². The molecule has 0 radical (unpaired) electrons. The Balaban J connectivity index is 1.79. The first-order valence-corrected chi connectivity index (χ1v) is 8.58. The highest BCUT2D eigenvalue weighted by Crippen LogP contribution is 2.28. The number of H-pyrrole nitrogens is 1. The van der Waals surface area contributed by atoms with E-state index in [-0.39, 0.29) is 19.0 Å². The number of sulfonamides is 1. The molecule has 0 aliphatic carbocycles. The van der Waals surface area contributed by atoms with Crippen LogP contribution in [0.4, 0.5) is 5.82 Å². The summed E-state index contributed by atoms with van der Waals surface area (Å²) in [6.45, 7) is 2.41. The zero-order chi connectivity index (χ0) is 15.9. The number of benzene rings is 1. The van der Waals surface area contributed by atoms with Gasteiger partial charge in [0.05, 0.1) is 18.5 Å². The molecular weight excluding hydrogens is 304 g/mol. The molecule has 1 aliphatic rings. The van der Waals surface area contributed by atoms with Crippen molar-refractivity contribution in [2.45, 2.75) is 20.0 Å². The molecule has 0 atom stereocenters. The van der Waals surface area contributed by atoms with E-state index in [0.29, 0.717) is 22.6 Å². The van der Waals surface area contributed by atoms with E-state index in [4.69, 9.17) is 0 Å². The van der Waals surface area contributed by atoms with Crippen LogP contribution in [0.15, 0.2) is 24.3 Å². The summed E-state index contributed by atoms with van der Waals surface area (Å²) in [6.07, 6.45) is 1.16. The number of carbonyl (C=O) groups excluding carboxylic acids is 1. The predicted molar refractivity (Wildman–Crippen MR) is 81.8 cm³/mol. The molecule has 0 unspecified atom stereocenters. The smallest absolute Gasteiger partial charge is 0.256 e. The van der Waals surface area contributed by atoms with Crippen LogP contribution in [0.25, 0.3) is 0 Å². The van der Waals surface area contributed by atoms with Crippen molar-refractivity contribution in [2.75, 3.05) is 11.6 Å². The second kappa shape index (κ2) is 5.22. The Morgan fingerprint density at radius 1 is 1.27 bits per heavy atom. The lowest BCUT2D eigenvalue weighted by Gasteiger charge is -2.11. The molecule has 8 heteroatoms. The quantitative estimate of drug-likeness (QED) is 0.889. The number of nitrogens with one attached hydrogen (secondary N) is 2. The summed E-state index contributed by atoms with van der Waals surface area (Å²) in [5.41, 5.74) is 3.02. The van der Waals surface area contributed by atoms with Crippen molar-refractivity contribution in [1.82, 2.24) is 14.5 Å². The molecule has 3 rings (SSSR count). The van der Waals surface area contributed by atoms with Gasteiger partial charge < -0.3 is 5.32 Å². The van der Waals surface area contributed by atoms with Crippen LogP contribution in [0.3, 0.4) is 0 Å². The summed E-state index contributed by atoms with van der Waals surface area (Å²) in [6, 6.07) is 7.19. The summed E-state index contributed by atoms with van der Waals surface area (Å²) in [7, 11) is -3.27. The number of rotatable bonds is 3. The van der Waals surface area contributed by atoms with Crippen molar-refractivity contribution < 1.29 is 13.2 Å². The van der Waals surface area contributed by atoms with E-state index in [2.05, 4.69) is 15.5 Å². The van der Waals surface area contributed by atoms with Crippen molar-refractivity contribution >= 4 is 21.7 Å². The lowest BCUT2D eigenvalue weighted by atomic mass is 10.1. The normalized spacial score (nSPS) is 14.8. The fourth-order valence-electron chi connectivity index (χ4n) is 2.33. The van der Waals surface area contributed by atoms with E-state index in [1.165, 1.54) is 4.31 Å². The maximum atomic E-state index is 12.2. The fourth-order valence-corrected chi connectivity index (χ4v) is 3.06. The van der Waals surface area contributed by atoms with Crippen LogP contribution in [-0.2, 0) is 23.1 Å². The SMILES string of the molecule is Cc1ccc(C(=O)Nc2n[nH]c3c2CN(S(C)(=O)=O)C3)cc1. The van der Waals surface area contributed by atoms with Crippen molar-refractivity contribution in [3.05, 3.63) is 46.6 Å². The number of aryl methyl sites for hydroxylation is 1. The molecule has 116 valence electrons. The van der Waals surface area contributed by atoms with E-state index < -0.39 is 10.0 Å². The van der Waals surface area contributed by atoms with Crippen molar-refractivity contribution in [2.24, 2.45) is 0 Å². The molecule has 22 heavy (non-hydrogen) atoms. The Morgan fingerprint density at radius 2 is 1.95 bits per heavy atom. The summed E-state index contributed by atoms with van der Waals surface area (Å²) in [4.78, 5) is 12.2. The molecule has 0 saturated carbocycles. The van der Waals surface area contributed by atoms with Crippen LogP contribution >= 0.6 is 0 Å². The van der Waals surface area contributed by atoms with Gasteiger partial charge >= 0.3 is 0 Å². The zero-order valence-electron chi connectivity index (χ0n) is 12.3. The van der Waals surface area contributed by atoms with Crippen LogP contribution < -0.4 is 5.32 Å². The summed E-state index contributed by atoms with van der Waals surface area (Å²) < 4.78 is 24.5. The fraction of sp³-hybridized carbons (Fsp3) is 0.286. The molecule has 0 bridgehead atoms. The van der Waals surface area contributed by atoms with Crippen molar-refractivity contribution in [3.8, 4) is 0 Å². The molecule has 2 aromatic rings. The number of amides is 1. The number of aromatic nitrogens is 2. The molecule has 2 N–H and O–H groups in total. The number of fused-ring (bicyclic) bond motifs is 1. The van der Waals surface area contributed by atoms with Crippen LogP contribution in [0, 0.1) is 6.92 Å². The summed E-state index contributed by atoms with van der Waals surface area (Å²) in [5, 5.41) is 9.57. The van der Waals surface area contributed by atoms with Crippen LogP contribution in [0.1, 0.15) is 27.2 Å². The molecule has 7 nitrogen and oxygen atoms in total. The number of anilines is 1. The molecule has 1 amide bonds. The molecule has 2 heterocycles. The largest absolute Gasteiger partial charge is 0.305 e. The second-order valence-electron chi connectivity index (χ2n) is 5.38. The van der Waals surface area contributed by atoms with Gasteiger partial charge in [0.15, 0.2) is 5.82 Å². The number of aromatic amines is 1. The molecule has 0 saturated heterocycles. The predicted octanol–water partition coefficient (Wildman–Crippen LogP) is 1.25. The number of nitrogens with zero attached hydrogens (tertiary/aromatic N) is 2. The lowest BCUT2D eigenvalue weighted by Crippen LogP contribution is -2.24. The van der Waals surface area contributed by atoms with E-state index in [0.717, 1.165) is 11.8 Å². The van der Waals surface area contributed by atoms with Gasteiger partial charge in [-0.2, -0.15) is 9.40 Å². The van der Waals surface area contributed by atoms with E-state index >= 15 is 0 Å². The first-order chi connectivity index (χ1) is 10.3. The Bertz CT molecular complexity index is 824. The third-order valence-electron chi connectivity index (χ3n) is 3.64. The van der Waals surface area contributed by atoms with Crippen molar-refractivity contribution in [1.29, 1.82) is 0 Å². The van der Waals surface area contributed by atoms with Gasteiger partial charge in [0.1, 0.15) is 0 Å². The van der Waals surface area contributed by atoms with Gasteiger partial charge in [-0.3, -0.25) is 9.89 Å². The molecule has 0 spiro atoms. The molecule has 0 fully saturated rings. The summed E-state index contributed by atoms with van der Waals surface area (Å²) >= 11 is 0. The van der Waals surface area contributed by atoms with Gasteiger partial charge in [-0.1, -0.05) is 17.7 Å². The maximum Gasteiger partial charge on any atom is 0.256 e. The minimum Gasteiger partial charge on any atom is -0.305 e. The van der Waals surface area contributed by atoms with Crippen LogP contribution in [-0.4, -0.2) is 35.1 Å². The molecular formula is C14H16N4O3S. The Hall–Kier alpha value is -2.19. The number of hydrogen-bond donors (Lipinski definition) is 2. The first kappa shape index (κ1) is 14.7. The highest BCUT2D eigenvalue weighted by atomic mass is 32.2. The van der Waals surface area contributed by atoms with Gasteiger partial charge in [-0.15, -0.1) is 0 Å². The van der Waals surface area contributed by atoms with E-state index in [1.807, 2.05) is 19.1 Å². The zero-order valence-corrected chi connectivity index (χ0v) is 13.1. The number of hydrogen-bond acceptors (Lipinski definition) is 4. The Kier molecular flexibility index (Phi) is 3.50. The summed E-state index contributed by atoms with van der Waals surface area (Å²) in [5.74, 6) is 0.110. The first-order valence-electron chi connectivity index (χ1n) is 6.74. The van der Waals surface area contributed by atoms with Gasteiger partial charge in [-0.05, 0) is 19.1 Å². The van der Waals surface area contributed by atoms with Crippen molar-refractivity contribution in [3.63, 3.8) is 0 Å². The Labute approximate surface area is 128 Å². The second-order valence-corrected chi connectivity index (χ2v) is 7.36. The van der Waals surface area contributed by atoms with Crippen LogP contribution in [0.5, 0.6) is 0 Å². The lowest BCUT2D eigenvalue weighted by molar-refractivity contribution is 0.102. The molecule has 1 aromatic heterocycles. The third-order valence-corrected chi connectivity index (χ3v) is 4.83. The topological polar surface area (TPSA) is 95.2 Å². The standard InChI is InChI=1S/C14H16N4O3S/c1-9-3-5-10(6-4-9)14(19)15-13-11-7-18(22(2,20)21)8-12(11)16-17-13/h3-6H,7-8H2,1-2H3,(H2,15,16,17,19). The average molecular weight is 320 g/mol. The van der Waals surface area contributed by atoms with Gasteiger partial charge in [-0.25, -0.2) is 8.42 Å². The highest BCUT2D eigenvalue weighted by Gasteiger charge is 2.30. The van der Waals surface area contributed by atoms with Gasteiger partial charge in [0, 0.05) is 17.7 Å². The minimum atomic E-state index is -3.27. The third kappa shape index (κ3) is 2.75. The molecule has 1 aliphatic heterocycles. The minimum absolute atomic E-state index is 0.216. The monoisotopic (exact) mass is 320 g/mol. The Morgan fingerprint density at radius 3 is 2.59 bits per heavy atom. The van der Waals surface area contributed by atoms with Crippen LogP contribution in [0.2, 0.25) is 0 Å². The maximum absolute atomic E-state index is 12.2. The van der Waals surface area contributed by atoms with Gasteiger partial charge in [0.25, 0.3) is 5.91 Å². The van der Waals surface area contributed by atoms with E-state index in [1.54, 1.807) is 12.1 Å². The number of carbonyl (C=O) groups is 1. The average Bonchev–Trinajstić information content (AvgIpc) is 3.01. The molecule has 1 aromatic carbocycles. The highest BCUT2D eigenvalue weighted by molar-refractivity contribution is 7.88.